The lowest BCUT2D eigenvalue weighted by molar-refractivity contribution is -0.119. The maximum absolute atomic E-state index is 11.7. The zero-order chi connectivity index (χ0) is 12.3. The monoisotopic (exact) mass is 245 g/mol. The first-order chi connectivity index (χ1) is 7.36. The van der Waals surface area contributed by atoms with Crippen LogP contribution >= 0.6 is 0 Å². The molecule has 1 unspecified atom stereocenters. The number of sulfonamides is 1. The Morgan fingerprint density at radius 1 is 1.62 bits per heavy atom. The summed E-state index contributed by atoms with van der Waals surface area (Å²) in [6, 6.07) is -0.724. The summed E-state index contributed by atoms with van der Waals surface area (Å²) in [5.74, 6) is 0.356. The number of imidazole rings is 1. The van der Waals surface area contributed by atoms with Gasteiger partial charge in [-0.15, -0.1) is 0 Å². The van der Waals surface area contributed by atoms with Crippen LogP contribution < -0.4 is 4.72 Å². The molecule has 0 amide bonds. The van der Waals surface area contributed by atoms with Crippen molar-refractivity contribution in [1.82, 2.24) is 14.7 Å². The van der Waals surface area contributed by atoms with E-state index < -0.39 is 16.1 Å². The molecular formula is C9H15N3O3S. The second kappa shape index (κ2) is 4.75. The van der Waals surface area contributed by atoms with E-state index in [1.807, 2.05) is 0 Å². The van der Waals surface area contributed by atoms with Gasteiger partial charge in [-0.05, 0) is 13.8 Å². The first kappa shape index (κ1) is 12.9. The van der Waals surface area contributed by atoms with Crippen LogP contribution in [0.15, 0.2) is 11.2 Å². The minimum atomic E-state index is -3.68. The molecule has 0 aliphatic rings. The van der Waals surface area contributed by atoms with Gasteiger partial charge in [-0.2, -0.15) is 4.72 Å². The van der Waals surface area contributed by atoms with Crippen LogP contribution in [0.2, 0.25) is 0 Å². The van der Waals surface area contributed by atoms with Gasteiger partial charge in [-0.1, -0.05) is 6.92 Å². The summed E-state index contributed by atoms with van der Waals surface area (Å²) >= 11 is 0. The van der Waals surface area contributed by atoms with Crippen molar-refractivity contribution in [2.45, 2.75) is 38.3 Å². The lowest BCUT2D eigenvalue weighted by Gasteiger charge is -2.10. The Hall–Kier alpha value is -1.21. The molecular weight excluding hydrogens is 230 g/mol. The van der Waals surface area contributed by atoms with Crippen molar-refractivity contribution in [2.75, 3.05) is 0 Å². The lowest BCUT2D eigenvalue weighted by Crippen LogP contribution is -2.38. The fourth-order valence-electron chi connectivity index (χ4n) is 1.20. The Balaban J connectivity index is 2.84. The number of carbonyl (C=O) groups is 1. The van der Waals surface area contributed by atoms with Crippen molar-refractivity contribution in [3.05, 3.63) is 12.0 Å². The van der Waals surface area contributed by atoms with Crippen molar-refractivity contribution in [1.29, 1.82) is 0 Å². The average molecular weight is 245 g/mol. The maximum atomic E-state index is 11.7. The maximum Gasteiger partial charge on any atom is 0.258 e. The second-order valence-electron chi connectivity index (χ2n) is 3.50. The number of nitrogens with one attached hydrogen (secondary N) is 2. The summed E-state index contributed by atoms with van der Waals surface area (Å²) in [6.45, 7) is 4.86. The van der Waals surface area contributed by atoms with Gasteiger partial charge in [0, 0.05) is 6.42 Å². The van der Waals surface area contributed by atoms with E-state index in [4.69, 9.17) is 0 Å². The number of aromatic amines is 1. The zero-order valence-electron chi connectivity index (χ0n) is 9.44. The van der Waals surface area contributed by atoms with Crippen LogP contribution in [0.3, 0.4) is 0 Å². The van der Waals surface area contributed by atoms with Crippen molar-refractivity contribution in [3.8, 4) is 0 Å². The highest BCUT2D eigenvalue weighted by atomic mass is 32.2. The van der Waals surface area contributed by atoms with Gasteiger partial charge in [0.25, 0.3) is 10.0 Å². The van der Waals surface area contributed by atoms with Gasteiger partial charge >= 0.3 is 0 Å². The van der Waals surface area contributed by atoms with Gasteiger partial charge in [0.15, 0.2) is 5.03 Å². The van der Waals surface area contributed by atoms with Crippen molar-refractivity contribution >= 4 is 15.8 Å². The van der Waals surface area contributed by atoms with Crippen molar-refractivity contribution in [2.24, 2.45) is 0 Å². The van der Waals surface area contributed by atoms with E-state index in [-0.39, 0.29) is 10.8 Å². The number of hydrogen-bond donors (Lipinski definition) is 2. The molecule has 0 saturated carbocycles. The number of rotatable bonds is 5. The number of carbonyl (C=O) groups excluding carboxylic acids is 1. The molecule has 0 radical (unpaired) electrons. The number of H-pyrrole nitrogens is 1. The lowest BCUT2D eigenvalue weighted by atomic mass is 10.2. The van der Waals surface area contributed by atoms with Gasteiger partial charge in [0.2, 0.25) is 0 Å². The highest BCUT2D eigenvalue weighted by molar-refractivity contribution is 7.89. The third-order valence-electron chi connectivity index (χ3n) is 2.13. The highest BCUT2D eigenvalue weighted by Gasteiger charge is 2.22. The molecule has 0 spiro atoms. The van der Waals surface area contributed by atoms with E-state index in [1.54, 1.807) is 13.8 Å². The zero-order valence-corrected chi connectivity index (χ0v) is 10.3. The van der Waals surface area contributed by atoms with Crippen molar-refractivity contribution < 1.29 is 13.2 Å². The largest absolute Gasteiger partial charge is 0.332 e. The number of ketones is 1. The number of hydrogen-bond acceptors (Lipinski definition) is 4. The predicted octanol–water partition coefficient (Wildman–Crippen LogP) is 0.364. The second-order valence-corrected chi connectivity index (χ2v) is 5.18. The molecule has 16 heavy (non-hydrogen) atoms. The van der Waals surface area contributed by atoms with Crippen LogP contribution in [0, 0.1) is 6.92 Å². The van der Waals surface area contributed by atoms with E-state index in [1.165, 1.54) is 13.1 Å². The quantitative estimate of drug-likeness (QED) is 0.783. The molecule has 0 aliphatic heterocycles. The number of aromatic nitrogens is 2. The molecule has 1 aromatic rings. The van der Waals surface area contributed by atoms with Gasteiger partial charge < -0.3 is 4.98 Å². The van der Waals surface area contributed by atoms with Gasteiger partial charge in [-0.3, -0.25) is 4.79 Å². The third-order valence-corrected chi connectivity index (χ3v) is 3.58. The van der Waals surface area contributed by atoms with Crippen LogP contribution in [-0.2, 0) is 14.8 Å². The van der Waals surface area contributed by atoms with E-state index in [0.717, 1.165) is 0 Å². The third kappa shape index (κ3) is 2.89. The molecule has 2 N–H and O–H groups in total. The summed E-state index contributed by atoms with van der Waals surface area (Å²) in [5.41, 5.74) is 0. The van der Waals surface area contributed by atoms with E-state index >= 15 is 0 Å². The SMILES string of the molecule is CCC(=O)C(C)NS(=O)(=O)c1cnc(C)[nH]1. The Morgan fingerprint density at radius 2 is 2.25 bits per heavy atom. The molecule has 7 heteroatoms. The summed E-state index contributed by atoms with van der Waals surface area (Å²) in [5, 5.41) is -0.0271. The summed E-state index contributed by atoms with van der Waals surface area (Å²) in [7, 11) is -3.68. The topological polar surface area (TPSA) is 91.9 Å². The van der Waals surface area contributed by atoms with Crippen LogP contribution in [-0.4, -0.2) is 30.2 Å². The first-order valence-corrected chi connectivity index (χ1v) is 6.41. The van der Waals surface area contributed by atoms with Crippen LogP contribution in [0.4, 0.5) is 0 Å². The number of aryl methyl sites for hydroxylation is 1. The van der Waals surface area contributed by atoms with Gasteiger partial charge in [0.05, 0.1) is 12.2 Å². The molecule has 90 valence electrons. The Kier molecular flexibility index (Phi) is 3.82. The summed E-state index contributed by atoms with van der Waals surface area (Å²) in [6.07, 6.45) is 1.52. The fourth-order valence-corrected chi connectivity index (χ4v) is 2.40. The molecule has 0 fully saturated rings. The van der Waals surface area contributed by atoms with Crippen LogP contribution in [0.5, 0.6) is 0 Å². The molecule has 1 heterocycles. The predicted molar refractivity (Wildman–Crippen MR) is 58.4 cm³/mol. The van der Waals surface area contributed by atoms with Gasteiger partial charge in [0.1, 0.15) is 11.6 Å². The van der Waals surface area contributed by atoms with E-state index in [2.05, 4.69) is 14.7 Å². The van der Waals surface area contributed by atoms with Gasteiger partial charge in [-0.25, -0.2) is 13.4 Å². The van der Waals surface area contributed by atoms with E-state index in [9.17, 15) is 13.2 Å². The smallest absolute Gasteiger partial charge is 0.258 e. The molecule has 6 nitrogen and oxygen atoms in total. The Labute approximate surface area is 94.5 Å². The minimum absolute atomic E-state index is 0.0271. The molecule has 0 aliphatic carbocycles. The normalized spacial score (nSPS) is 13.7. The summed E-state index contributed by atoms with van der Waals surface area (Å²) < 4.78 is 25.8. The molecule has 1 atom stereocenters. The van der Waals surface area contributed by atoms with Crippen LogP contribution in [0.1, 0.15) is 26.1 Å². The van der Waals surface area contributed by atoms with Crippen molar-refractivity contribution in [3.63, 3.8) is 0 Å². The molecule has 1 rings (SSSR count). The standard InChI is InChI=1S/C9H15N3O3S/c1-4-8(13)6(2)12-16(14,15)9-5-10-7(3)11-9/h5-6,12H,4H2,1-3H3,(H,10,11). The Bertz CT molecular complexity index is 478. The average Bonchev–Trinajstić information content (AvgIpc) is 2.63. The highest BCUT2D eigenvalue weighted by Crippen LogP contribution is 2.06. The number of nitrogens with zero attached hydrogens (tertiary/aromatic N) is 1. The number of Topliss-reactive ketones (excluding diaryl/α,β-unsaturated/α-hetero) is 1. The Morgan fingerprint density at radius 3 is 2.69 bits per heavy atom. The van der Waals surface area contributed by atoms with Crippen LogP contribution in [0.25, 0.3) is 0 Å². The molecule has 0 bridgehead atoms. The summed E-state index contributed by atoms with van der Waals surface area (Å²) in [4.78, 5) is 17.7. The molecule has 0 aromatic carbocycles. The molecule has 1 aromatic heterocycles. The first-order valence-electron chi connectivity index (χ1n) is 4.93. The minimum Gasteiger partial charge on any atom is -0.332 e. The van der Waals surface area contributed by atoms with E-state index in [0.29, 0.717) is 12.2 Å². The molecule has 0 saturated heterocycles. The fraction of sp³-hybridized carbons (Fsp3) is 0.556.